The monoisotopic (exact) mass is 364 g/mol. The van der Waals surface area contributed by atoms with Gasteiger partial charge in [0.2, 0.25) is 15.2 Å². The first-order valence-electron chi connectivity index (χ1n) is 5.85. The number of aliphatic hydroxyl groups excluding tert-OH is 1. The van der Waals surface area contributed by atoms with Crippen molar-refractivity contribution in [3.63, 3.8) is 0 Å². The summed E-state index contributed by atoms with van der Waals surface area (Å²) < 4.78 is 52.5. The smallest absolute Gasteiger partial charge is 0.263 e. The number of benzene rings is 1. The van der Waals surface area contributed by atoms with Crippen LogP contribution in [0.5, 0.6) is 0 Å². The van der Waals surface area contributed by atoms with E-state index in [1.54, 1.807) is 0 Å². The Morgan fingerprint density at radius 1 is 1.14 bits per heavy atom. The van der Waals surface area contributed by atoms with Crippen molar-refractivity contribution >= 4 is 36.5 Å². The van der Waals surface area contributed by atoms with Crippen molar-refractivity contribution < 1.29 is 21.9 Å². The molecule has 0 fully saturated rings. The maximum absolute atomic E-state index is 12.2. The van der Waals surface area contributed by atoms with Crippen LogP contribution in [-0.2, 0) is 20.0 Å². The molecule has 0 unspecified atom stereocenters. The quantitative estimate of drug-likeness (QED) is 0.608. The number of nitrogens with zero attached hydrogens (tertiary/aromatic N) is 2. The Morgan fingerprint density at radius 3 is 2.41 bits per heavy atom. The zero-order valence-electron chi connectivity index (χ0n) is 11.0. The fraction of sp³-hybridized carbons (Fsp3) is 0.200. The summed E-state index contributed by atoms with van der Waals surface area (Å²) in [7, 11) is -7.87. The highest BCUT2D eigenvalue weighted by atomic mass is 32.2. The van der Waals surface area contributed by atoms with Gasteiger partial charge in [0.25, 0.3) is 10.0 Å². The van der Waals surface area contributed by atoms with Gasteiger partial charge in [-0.15, -0.1) is 10.2 Å². The van der Waals surface area contributed by atoms with Gasteiger partial charge < -0.3 is 5.11 Å². The van der Waals surface area contributed by atoms with E-state index in [1.165, 1.54) is 23.7 Å². The molecule has 0 saturated carbocycles. The minimum Gasteiger partial charge on any atom is -0.395 e. The van der Waals surface area contributed by atoms with Gasteiger partial charge in [0, 0.05) is 6.54 Å². The van der Waals surface area contributed by atoms with Crippen LogP contribution in [0.25, 0.3) is 0 Å². The van der Waals surface area contributed by atoms with Gasteiger partial charge in [-0.3, -0.25) is 4.72 Å². The Bertz CT molecular complexity index is 833. The van der Waals surface area contributed by atoms with Crippen molar-refractivity contribution in [1.82, 2.24) is 14.9 Å². The number of hydrogen-bond acceptors (Lipinski definition) is 8. The lowest BCUT2D eigenvalue weighted by Crippen LogP contribution is -2.26. The predicted octanol–water partition coefficient (Wildman–Crippen LogP) is -0.391. The molecule has 0 amide bonds. The largest absolute Gasteiger partial charge is 0.395 e. The Labute approximate surface area is 131 Å². The van der Waals surface area contributed by atoms with Crippen LogP contribution in [-0.4, -0.2) is 45.3 Å². The Kier molecular flexibility index (Phi) is 5.08. The third-order valence-corrected chi connectivity index (χ3v) is 5.94. The van der Waals surface area contributed by atoms with E-state index in [9.17, 15) is 16.8 Å². The molecule has 2 rings (SSSR count). The summed E-state index contributed by atoms with van der Waals surface area (Å²) in [6.07, 6.45) is 0. The molecule has 2 aromatic rings. The third kappa shape index (κ3) is 3.98. The highest BCUT2D eigenvalue weighted by Crippen LogP contribution is 2.19. The first kappa shape index (κ1) is 16.8. The highest BCUT2D eigenvalue weighted by Gasteiger charge is 2.20. The maximum atomic E-state index is 12.2. The summed E-state index contributed by atoms with van der Waals surface area (Å²) >= 11 is 0.994. The molecule has 1 aromatic heterocycles. The molecule has 0 aliphatic rings. The van der Waals surface area contributed by atoms with E-state index in [4.69, 9.17) is 5.11 Å². The summed E-state index contributed by atoms with van der Waals surface area (Å²) in [5.74, 6) is 0. The van der Waals surface area contributed by atoms with Crippen LogP contribution in [0.15, 0.2) is 39.6 Å². The SMILES string of the molecule is O=S(=O)(NCCO)c1cccc(S(=O)(=O)Nc2nncs2)c1. The van der Waals surface area contributed by atoms with Crippen LogP contribution in [0.1, 0.15) is 0 Å². The molecule has 0 spiro atoms. The second-order valence-electron chi connectivity index (χ2n) is 3.95. The number of sulfonamides is 2. The van der Waals surface area contributed by atoms with Gasteiger partial charge in [0.1, 0.15) is 5.51 Å². The van der Waals surface area contributed by atoms with Crippen LogP contribution in [0, 0.1) is 0 Å². The van der Waals surface area contributed by atoms with Crippen LogP contribution in [0.2, 0.25) is 0 Å². The number of aliphatic hydroxyl groups is 1. The van der Waals surface area contributed by atoms with Crippen molar-refractivity contribution in [1.29, 1.82) is 0 Å². The summed E-state index contributed by atoms with van der Waals surface area (Å²) in [4.78, 5) is -0.448. The molecular weight excluding hydrogens is 352 g/mol. The number of anilines is 1. The van der Waals surface area contributed by atoms with Gasteiger partial charge in [0.15, 0.2) is 0 Å². The van der Waals surface area contributed by atoms with Gasteiger partial charge in [0.05, 0.1) is 16.4 Å². The third-order valence-electron chi connectivity index (χ3n) is 2.41. The molecular formula is C10H12N4O5S3. The average Bonchev–Trinajstić information content (AvgIpc) is 2.97. The molecule has 3 N–H and O–H groups in total. The molecule has 12 heteroatoms. The Hall–Kier alpha value is -1.60. The summed E-state index contributed by atoms with van der Waals surface area (Å²) in [6.45, 7) is -0.530. The zero-order chi connectivity index (χ0) is 16.2. The normalized spacial score (nSPS) is 12.2. The van der Waals surface area contributed by atoms with E-state index in [-0.39, 0.29) is 28.1 Å². The van der Waals surface area contributed by atoms with Crippen LogP contribution >= 0.6 is 11.3 Å². The molecule has 0 aliphatic heterocycles. The van der Waals surface area contributed by atoms with Gasteiger partial charge in [-0.2, -0.15) is 0 Å². The predicted molar refractivity (Wildman–Crippen MR) is 79.4 cm³/mol. The first-order valence-corrected chi connectivity index (χ1v) is 9.69. The van der Waals surface area contributed by atoms with Crippen molar-refractivity contribution in [3.8, 4) is 0 Å². The van der Waals surface area contributed by atoms with E-state index < -0.39 is 20.0 Å². The molecule has 1 aromatic carbocycles. The summed E-state index contributed by atoms with van der Waals surface area (Å²) in [5, 5.41) is 15.8. The van der Waals surface area contributed by atoms with E-state index in [0.29, 0.717) is 0 Å². The standard InChI is InChI=1S/C10H12N4O5S3/c15-5-4-12-21(16,17)8-2-1-3-9(6-8)22(18,19)14-10-13-11-7-20-10/h1-3,6-7,12,15H,4-5H2,(H,13,14). The molecule has 0 saturated heterocycles. The minimum atomic E-state index is -3.97. The van der Waals surface area contributed by atoms with Crippen LogP contribution in [0.4, 0.5) is 5.13 Å². The molecule has 120 valence electrons. The Morgan fingerprint density at radius 2 is 1.82 bits per heavy atom. The van der Waals surface area contributed by atoms with E-state index in [2.05, 4.69) is 19.6 Å². The fourth-order valence-electron chi connectivity index (χ4n) is 1.46. The fourth-order valence-corrected chi connectivity index (χ4v) is 4.34. The van der Waals surface area contributed by atoms with Gasteiger partial charge in [-0.05, 0) is 18.2 Å². The zero-order valence-corrected chi connectivity index (χ0v) is 13.4. The lowest BCUT2D eigenvalue weighted by molar-refractivity contribution is 0.301. The topological polar surface area (TPSA) is 138 Å². The van der Waals surface area contributed by atoms with Crippen molar-refractivity contribution in [2.24, 2.45) is 0 Å². The molecule has 0 aliphatic carbocycles. The van der Waals surface area contributed by atoms with Crippen molar-refractivity contribution in [3.05, 3.63) is 29.8 Å². The number of rotatable bonds is 7. The van der Waals surface area contributed by atoms with Crippen molar-refractivity contribution in [2.75, 3.05) is 17.9 Å². The highest BCUT2D eigenvalue weighted by molar-refractivity contribution is 7.93. The molecule has 9 nitrogen and oxygen atoms in total. The van der Waals surface area contributed by atoms with Crippen LogP contribution < -0.4 is 9.44 Å². The number of aromatic nitrogens is 2. The number of nitrogens with one attached hydrogen (secondary N) is 2. The lowest BCUT2D eigenvalue weighted by Gasteiger charge is -2.08. The van der Waals surface area contributed by atoms with Gasteiger partial charge >= 0.3 is 0 Å². The first-order chi connectivity index (χ1) is 10.3. The molecule has 0 bridgehead atoms. The molecule has 22 heavy (non-hydrogen) atoms. The molecule has 1 heterocycles. The van der Waals surface area contributed by atoms with E-state index in [1.807, 2.05) is 0 Å². The van der Waals surface area contributed by atoms with Crippen molar-refractivity contribution in [2.45, 2.75) is 9.79 Å². The lowest BCUT2D eigenvalue weighted by atomic mass is 10.4. The average molecular weight is 364 g/mol. The molecule has 0 atom stereocenters. The summed E-state index contributed by atoms with van der Waals surface area (Å²) in [5.41, 5.74) is 1.36. The minimum absolute atomic E-state index is 0.0756. The maximum Gasteiger partial charge on any atom is 0.263 e. The number of hydrogen-bond donors (Lipinski definition) is 3. The van der Waals surface area contributed by atoms with Gasteiger partial charge in [-0.25, -0.2) is 21.6 Å². The molecule has 0 radical (unpaired) electrons. The van der Waals surface area contributed by atoms with Crippen LogP contribution in [0.3, 0.4) is 0 Å². The second kappa shape index (κ2) is 6.66. The second-order valence-corrected chi connectivity index (χ2v) is 8.23. The van der Waals surface area contributed by atoms with E-state index >= 15 is 0 Å². The Balaban J connectivity index is 2.32. The van der Waals surface area contributed by atoms with E-state index in [0.717, 1.165) is 17.4 Å². The summed E-state index contributed by atoms with van der Waals surface area (Å²) in [6, 6.07) is 4.84. The van der Waals surface area contributed by atoms with Gasteiger partial charge in [-0.1, -0.05) is 17.4 Å².